The Morgan fingerprint density at radius 3 is 2.43 bits per heavy atom. The van der Waals surface area contributed by atoms with E-state index in [4.69, 9.17) is 10.5 Å². The number of nitrogens with two attached hydrogens (primary N) is 1. The van der Waals surface area contributed by atoms with Gasteiger partial charge in [-0.05, 0) is 13.3 Å². The molecule has 0 aromatic carbocycles. The fourth-order valence-corrected chi connectivity index (χ4v) is 2.41. The van der Waals surface area contributed by atoms with Crippen molar-refractivity contribution in [3.8, 4) is 0 Å². The first-order valence-corrected chi connectivity index (χ1v) is 7.06. The average molecular weight is 301 g/mol. The third-order valence-corrected chi connectivity index (χ3v) is 3.48. The van der Waals surface area contributed by atoms with Crippen molar-refractivity contribution < 1.29 is 24.2 Å². The summed E-state index contributed by atoms with van der Waals surface area (Å²) >= 11 is 0. The molecule has 0 bridgehead atoms. The lowest BCUT2D eigenvalue weighted by Gasteiger charge is -2.34. The summed E-state index contributed by atoms with van der Waals surface area (Å²) in [7, 11) is 0. The van der Waals surface area contributed by atoms with E-state index in [-0.39, 0.29) is 25.8 Å². The topological polar surface area (TPSA) is 113 Å². The van der Waals surface area contributed by atoms with Gasteiger partial charge in [0.05, 0.1) is 19.3 Å². The number of aliphatic carboxylic acids is 1. The molecule has 1 heterocycles. The fraction of sp³-hybridized carbons (Fsp3) is 0.769. The Labute approximate surface area is 123 Å². The molecule has 0 saturated carbocycles. The monoisotopic (exact) mass is 301 g/mol. The van der Waals surface area contributed by atoms with Gasteiger partial charge in [0.1, 0.15) is 12.5 Å². The van der Waals surface area contributed by atoms with E-state index in [9.17, 15) is 19.5 Å². The third kappa shape index (κ3) is 4.32. The van der Waals surface area contributed by atoms with Gasteiger partial charge in [-0.2, -0.15) is 0 Å². The molecule has 0 aromatic heterocycles. The number of nitrogens with zero attached hydrogens (tertiary/aromatic N) is 2. The summed E-state index contributed by atoms with van der Waals surface area (Å²) in [5, 5.41) is 9.22. The van der Waals surface area contributed by atoms with E-state index in [1.165, 1.54) is 9.80 Å². The second-order valence-corrected chi connectivity index (χ2v) is 5.01. The molecule has 8 nitrogen and oxygen atoms in total. The molecule has 1 rings (SSSR count). The summed E-state index contributed by atoms with van der Waals surface area (Å²) in [6.07, 6.45) is 0.683. The molecule has 0 aromatic rings. The van der Waals surface area contributed by atoms with Gasteiger partial charge in [-0.1, -0.05) is 6.92 Å². The number of hydrogen-bond acceptors (Lipinski definition) is 4. The van der Waals surface area contributed by atoms with Crippen LogP contribution in [0.1, 0.15) is 20.3 Å². The molecular formula is C13H23N3O5. The summed E-state index contributed by atoms with van der Waals surface area (Å²) in [4.78, 5) is 37.6. The summed E-state index contributed by atoms with van der Waals surface area (Å²) in [6.45, 7) is 4.48. The largest absolute Gasteiger partial charge is 0.481 e. The molecule has 0 aliphatic carbocycles. The number of urea groups is 1. The van der Waals surface area contributed by atoms with Crippen LogP contribution in [0.5, 0.6) is 0 Å². The van der Waals surface area contributed by atoms with Gasteiger partial charge in [0, 0.05) is 13.1 Å². The standard InChI is InChI=1S/C13H23N3O5/c1-3-5-16(10-8-21-7-9(10)12(18)19)13(20)15(4-2)6-11(14)17/h9-10H,3-8H2,1-2H3,(H2,14,17)(H,18,19). The maximum absolute atomic E-state index is 12.6. The van der Waals surface area contributed by atoms with Gasteiger partial charge in [-0.3, -0.25) is 9.59 Å². The molecule has 2 atom stereocenters. The number of likely N-dealkylation sites (N-methyl/N-ethyl adjacent to an activating group) is 1. The number of amides is 3. The van der Waals surface area contributed by atoms with Crippen molar-refractivity contribution >= 4 is 17.9 Å². The number of carbonyl (C=O) groups is 3. The molecule has 1 aliphatic rings. The Bertz CT molecular complexity index is 401. The number of carbonyl (C=O) groups excluding carboxylic acids is 2. The predicted molar refractivity (Wildman–Crippen MR) is 74.6 cm³/mol. The van der Waals surface area contributed by atoms with Crippen LogP contribution in [-0.4, -0.2) is 71.7 Å². The molecule has 0 radical (unpaired) electrons. The smallest absolute Gasteiger partial charge is 0.320 e. The minimum atomic E-state index is -0.982. The van der Waals surface area contributed by atoms with Gasteiger partial charge in [0.25, 0.3) is 0 Å². The molecule has 1 saturated heterocycles. The van der Waals surface area contributed by atoms with E-state index >= 15 is 0 Å². The second-order valence-electron chi connectivity index (χ2n) is 5.01. The summed E-state index contributed by atoms with van der Waals surface area (Å²) in [6, 6.07) is -0.892. The number of hydrogen-bond donors (Lipinski definition) is 2. The van der Waals surface area contributed by atoms with Crippen LogP contribution < -0.4 is 5.73 Å². The van der Waals surface area contributed by atoms with Crippen LogP contribution in [0.25, 0.3) is 0 Å². The second kappa shape index (κ2) is 7.82. The Kier molecular flexibility index (Phi) is 6.41. The summed E-state index contributed by atoms with van der Waals surface area (Å²) < 4.78 is 5.22. The molecular weight excluding hydrogens is 278 g/mol. The minimum Gasteiger partial charge on any atom is -0.481 e. The van der Waals surface area contributed by atoms with Gasteiger partial charge >= 0.3 is 12.0 Å². The average Bonchev–Trinajstić information content (AvgIpc) is 2.90. The fourth-order valence-electron chi connectivity index (χ4n) is 2.41. The molecule has 8 heteroatoms. The first-order chi connectivity index (χ1) is 9.92. The molecule has 0 spiro atoms. The minimum absolute atomic E-state index is 0.0927. The molecule has 1 fully saturated rings. The normalized spacial score (nSPS) is 21.0. The maximum Gasteiger partial charge on any atom is 0.320 e. The van der Waals surface area contributed by atoms with E-state index < -0.39 is 23.8 Å². The number of carboxylic acids is 1. The van der Waals surface area contributed by atoms with E-state index in [1.54, 1.807) is 6.92 Å². The highest BCUT2D eigenvalue weighted by Gasteiger charge is 2.40. The van der Waals surface area contributed by atoms with Gasteiger partial charge in [-0.15, -0.1) is 0 Å². The van der Waals surface area contributed by atoms with E-state index in [0.717, 1.165) is 0 Å². The zero-order chi connectivity index (χ0) is 16.0. The van der Waals surface area contributed by atoms with Crippen LogP contribution in [0.15, 0.2) is 0 Å². The number of ether oxygens (including phenoxy) is 1. The lowest BCUT2D eigenvalue weighted by atomic mass is 10.0. The summed E-state index contributed by atoms with van der Waals surface area (Å²) in [5.41, 5.74) is 5.14. The van der Waals surface area contributed by atoms with E-state index in [1.807, 2.05) is 6.92 Å². The summed E-state index contributed by atoms with van der Waals surface area (Å²) in [5.74, 6) is -2.32. The lowest BCUT2D eigenvalue weighted by molar-refractivity contribution is -0.143. The Morgan fingerprint density at radius 1 is 1.29 bits per heavy atom. The van der Waals surface area contributed by atoms with Gasteiger partial charge in [-0.25, -0.2) is 4.79 Å². The van der Waals surface area contributed by atoms with Crippen LogP contribution >= 0.6 is 0 Å². The van der Waals surface area contributed by atoms with Gasteiger partial charge in [0.2, 0.25) is 5.91 Å². The molecule has 3 N–H and O–H groups in total. The zero-order valence-electron chi connectivity index (χ0n) is 12.4. The first-order valence-electron chi connectivity index (χ1n) is 7.06. The Hall–Kier alpha value is -1.83. The van der Waals surface area contributed by atoms with Crippen LogP contribution in [0.3, 0.4) is 0 Å². The Balaban J connectivity index is 2.91. The van der Waals surface area contributed by atoms with E-state index in [0.29, 0.717) is 19.5 Å². The number of primary amides is 1. The molecule has 21 heavy (non-hydrogen) atoms. The molecule has 1 aliphatic heterocycles. The third-order valence-electron chi connectivity index (χ3n) is 3.48. The van der Waals surface area contributed by atoms with Crippen LogP contribution in [0.2, 0.25) is 0 Å². The van der Waals surface area contributed by atoms with Crippen molar-refractivity contribution in [3.05, 3.63) is 0 Å². The van der Waals surface area contributed by atoms with Crippen molar-refractivity contribution in [1.29, 1.82) is 0 Å². The quantitative estimate of drug-likeness (QED) is 0.671. The van der Waals surface area contributed by atoms with Crippen molar-refractivity contribution in [3.63, 3.8) is 0 Å². The molecule has 3 amide bonds. The highest BCUT2D eigenvalue weighted by molar-refractivity contribution is 5.83. The molecule has 120 valence electrons. The van der Waals surface area contributed by atoms with Crippen LogP contribution in [-0.2, 0) is 14.3 Å². The van der Waals surface area contributed by atoms with Crippen molar-refractivity contribution in [1.82, 2.24) is 9.80 Å². The Morgan fingerprint density at radius 2 is 1.95 bits per heavy atom. The highest BCUT2D eigenvalue weighted by Crippen LogP contribution is 2.21. The predicted octanol–water partition coefficient (Wildman–Crippen LogP) is -0.275. The van der Waals surface area contributed by atoms with Crippen molar-refractivity contribution in [2.45, 2.75) is 26.3 Å². The van der Waals surface area contributed by atoms with Crippen LogP contribution in [0.4, 0.5) is 4.79 Å². The van der Waals surface area contributed by atoms with Gasteiger partial charge < -0.3 is 25.4 Å². The van der Waals surface area contributed by atoms with E-state index in [2.05, 4.69) is 0 Å². The maximum atomic E-state index is 12.6. The zero-order valence-corrected chi connectivity index (χ0v) is 12.4. The number of rotatable bonds is 7. The first kappa shape index (κ1) is 17.2. The van der Waals surface area contributed by atoms with Gasteiger partial charge in [0.15, 0.2) is 0 Å². The SMILES string of the molecule is CCCN(C(=O)N(CC)CC(N)=O)C1COCC1C(=O)O. The lowest BCUT2D eigenvalue weighted by Crippen LogP contribution is -2.53. The highest BCUT2D eigenvalue weighted by atomic mass is 16.5. The van der Waals surface area contributed by atoms with Crippen molar-refractivity contribution in [2.24, 2.45) is 11.7 Å². The number of carboxylic acid groups (broad SMARTS) is 1. The van der Waals surface area contributed by atoms with Crippen molar-refractivity contribution in [2.75, 3.05) is 32.8 Å². The molecule has 2 unspecified atom stereocenters. The van der Waals surface area contributed by atoms with Crippen LogP contribution in [0, 0.1) is 5.92 Å².